The van der Waals surface area contributed by atoms with Crippen LogP contribution in [0.15, 0.2) is 12.7 Å². The first kappa shape index (κ1) is 10.8. The number of rotatable bonds is 4. The fourth-order valence-electron chi connectivity index (χ4n) is 1.50. The molecule has 7 nitrogen and oxygen atoms in total. The van der Waals surface area contributed by atoms with Crippen LogP contribution in [-0.2, 0) is 0 Å². The zero-order chi connectivity index (χ0) is 11.5. The molecule has 2 aromatic rings. The molecule has 7 heteroatoms. The van der Waals surface area contributed by atoms with Crippen LogP contribution in [0.2, 0.25) is 0 Å². The molecule has 0 aliphatic carbocycles. The second-order valence-corrected chi connectivity index (χ2v) is 3.43. The Kier molecular flexibility index (Phi) is 2.97. The van der Waals surface area contributed by atoms with E-state index in [9.17, 15) is 5.11 Å². The molecule has 0 bridgehead atoms. The Balaban J connectivity index is 2.34. The van der Waals surface area contributed by atoms with Gasteiger partial charge >= 0.3 is 0 Å². The molecule has 0 fully saturated rings. The Labute approximate surface area is 91.6 Å². The minimum Gasteiger partial charge on any atom is -0.396 e. The molecule has 0 aliphatic heterocycles. The van der Waals surface area contributed by atoms with Gasteiger partial charge in [-0.25, -0.2) is 15.0 Å². The van der Waals surface area contributed by atoms with Crippen molar-refractivity contribution in [1.82, 2.24) is 19.5 Å². The second kappa shape index (κ2) is 4.42. The summed E-state index contributed by atoms with van der Waals surface area (Å²) in [7, 11) is 0. The molecule has 1 atom stereocenters. The highest BCUT2D eigenvalue weighted by molar-refractivity contribution is 5.81. The van der Waals surface area contributed by atoms with Crippen molar-refractivity contribution in [3.05, 3.63) is 12.7 Å². The average Bonchev–Trinajstić information content (AvgIpc) is 2.71. The largest absolute Gasteiger partial charge is 0.396 e. The molecular formula is C9H13N5O2. The molecule has 2 rings (SSSR count). The molecule has 0 aliphatic rings. The van der Waals surface area contributed by atoms with Crippen LogP contribution in [0.4, 0.5) is 5.82 Å². The molecule has 0 aromatic carbocycles. The maximum atomic E-state index is 9.84. The van der Waals surface area contributed by atoms with E-state index in [2.05, 4.69) is 15.0 Å². The van der Waals surface area contributed by atoms with Crippen molar-refractivity contribution in [3.63, 3.8) is 0 Å². The van der Waals surface area contributed by atoms with Crippen LogP contribution < -0.4 is 5.73 Å². The van der Waals surface area contributed by atoms with Gasteiger partial charge in [0.05, 0.1) is 6.33 Å². The molecule has 2 heterocycles. The maximum Gasteiger partial charge on any atom is 0.167 e. The minimum absolute atomic E-state index is 0.0425. The summed E-state index contributed by atoms with van der Waals surface area (Å²) in [5.41, 5.74) is 6.60. The van der Waals surface area contributed by atoms with Gasteiger partial charge in [0.1, 0.15) is 18.1 Å². The Bertz CT molecular complexity index is 484. The molecule has 0 amide bonds. The highest BCUT2D eigenvalue weighted by Crippen LogP contribution is 2.19. The predicted molar refractivity (Wildman–Crippen MR) is 57.3 cm³/mol. The van der Waals surface area contributed by atoms with E-state index in [-0.39, 0.29) is 12.4 Å². The van der Waals surface area contributed by atoms with E-state index in [0.29, 0.717) is 24.0 Å². The molecule has 0 saturated carbocycles. The number of hydrogen-bond donors (Lipinski definition) is 3. The fraction of sp³-hybridized carbons (Fsp3) is 0.444. The lowest BCUT2D eigenvalue weighted by atomic mass is 10.3. The van der Waals surface area contributed by atoms with Gasteiger partial charge in [0.15, 0.2) is 11.5 Å². The molecule has 0 radical (unpaired) electrons. The lowest BCUT2D eigenvalue weighted by molar-refractivity contribution is 0.0885. The molecule has 0 spiro atoms. The smallest absolute Gasteiger partial charge is 0.167 e. The molecule has 16 heavy (non-hydrogen) atoms. The first-order valence-electron chi connectivity index (χ1n) is 4.96. The number of nitrogens with zero attached hydrogens (tertiary/aromatic N) is 4. The standard InChI is InChI=1S/C9H13N5O2/c10-8-7-9(12-4-11-8)14(5-13-7)6(16)2-1-3-15/h4-6,15-16H,1-3H2,(H2,10,11,12). The van der Waals surface area contributed by atoms with Crippen molar-refractivity contribution in [2.45, 2.75) is 19.1 Å². The summed E-state index contributed by atoms with van der Waals surface area (Å²) in [6, 6.07) is 0. The maximum absolute atomic E-state index is 9.84. The van der Waals surface area contributed by atoms with Crippen LogP contribution in [0.1, 0.15) is 19.1 Å². The van der Waals surface area contributed by atoms with Crippen LogP contribution in [0, 0.1) is 0 Å². The first-order chi connectivity index (χ1) is 7.74. The number of aromatic nitrogens is 4. The molecule has 0 saturated heterocycles. The van der Waals surface area contributed by atoms with Gasteiger partial charge in [-0.05, 0) is 12.8 Å². The van der Waals surface area contributed by atoms with Crippen LogP contribution in [0.5, 0.6) is 0 Å². The van der Waals surface area contributed by atoms with Gasteiger partial charge in [-0.1, -0.05) is 0 Å². The van der Waals surface area contributed by atoms with E-state index < -0.39 is 6.23 Å². The molecule has 1 unspecified atom stereocenters. The summed E-state index contributed by atoms with van der Waals surface area (Å²) in [5.74, 6) is 0.290. The van der Waals surface area contributed by atoms with Gasteiger partial charge in [-0.2, -0.15) is 0 Å². The number of nitrogens with two attached hydrogens (primary N) is 1. The fourth-order valence-corrected chi connectivity index (χ4v) is 1.50. The Morgan fingerprint density at radius 2 is 2.19 bits per heavy atom. The highest BCUT2D eigenvalue weighted by Gasteiger charge is 2.13. The van der Waals surface area contributed by atoms with Gasteiger partial charge in [0.2, 0.25) is 0 Å². The zero-order valence-electron chi connectivity index (χ0n) is 8.61. The van der Waals surface area contributed by atoms with E-state index in [1.165, 1.54) is 17.2 Å². The SMILES string of the molecule is Nc1ncnc2c1ncn2C(O)CCCO. The van der Waals surface area contributed by atoms with Crippen molar-refractivity contribution in [2.24, 2.45) is 0 Å². The summed E-state index contributed by atoms with van der Waals surface area (Å²) in [5, 5.41) is 18.5. The second-order valence-electron chi connectivity index (χ2n) is 3.43. The predicted octanol–water partition coefficient (Wildman–Crippen LogP) is -0.328. The minimum atomic E-state index is -0.758. The van der Waals surface area contributed by atoms with E-state index in [0.717, 1.165) is 0 Å². The van der Waals surface area contributed by atoms with Crippen LogP contribution in [0.25, 0.3) is 11.2 Å². The zero-order valence-corrected chi connectivity index (χ0v) is 8.61. The quantitative estimate of drug-likeness (QED) is 0.654. The summed E-state index contributed by atoms with van der Waals surface area (Å²) in [6.45, 7) is 0.0425. The highest BCUT2D eigenvalue weighted by atomic mass is 16.3. The molecule has 86 valence electrons. The number of anilines is 1. The van der Waals surface area contributed by atoms with Gasteiger partial charge < -0.3 is 15.9 Å². The Morgan fingerprint density at radius 1 is 1.38 bits per heavy atom. The van der Waals surface area contributed by atoms with Crippen molar-refractivity contribution >= 4 is 17.0 Å². The van der Waals surface area contributed by atoms with Gasteiger partial charge in [0, 0.05) is 6.61 Å². The van der Waals surface area contributed by atoms with Crippen molar-refractivity contribution in [2.75, 3.05) is 12.3 Å². The summed E-state index contributed by atoms with van der Waals surface area (Å²) < 4.78 is 1.52. The summed E-state index contributed by atoms with van der Waals surface area (Å²) in [4.78, 5) is 11.9. The summed E-state index contributed by atoms with van der Waals surface area (Å²) in [6.07, 6.45) is 2.99. The average molecular weight is 223 g/mol. The van der Waals surface area contributed by atoms with Crippen molar-refractivity contribution < 1.29 is 10.2 Å². The number of imidazole rings is 1. The van der Waals surface area contributed by atoms with Gasteiger partial charge in [0.25, 0.3) is 0 Å². The van der Waals surface area contributed by atoms with E-state index in [1.54, 1.807) is 0 Å². The lowest BCUT2D eigenvalue weighted by Crippen LogP contribution is -2.08. The Hall–Kier alpha value is -1.73. The van der Waals surface area contributed by atoms with Crippen LogP contribution in [-0.4, -0.2) is 36.3 Å². The Morgan fingerprint density at radius 3 is 2.94 bits per heavy atom. The van der Waals surface area contributed by atoms with Crippen molar-refractivity contribution in [1.29, 1.82) is 0 Å². The normalized spacial score (nSPS) is 13.1. The third-order valence-corrected chi connectivity index (χ3v) is 2.33. The number of aliphatic hydroxyl groups excluding tert-OH is 2. The van der Waals surface area contributed by atoms with Crippen LogP contribution in [0.3, 0.4) is 0 Å². The van der Waals surface area contributed by atoms with E-state index in [4.69, 9.17) is 10.8 Å². The summed E-state index contributed by atoms with van der Waals surface area (Å²) >= 11 is 0. The van der Waals surface area contributed by atoms with Gasteiger partial charge in [-0.15, -0.1) is 0 Å². The lowest BCUT2D eigenvalue weighted by Gasteiger charge is -2.11. The number of fused-ring (bicyclic) bond motifs is 1. The third-order valence-electron chi connectivity index (χ3n) is 2.33. The van der Waals surface area contributed by atoms with E-state index in [1.807, 2.05) is 0 Å². The van der Waals surface area contributed by atoms with Crippen LogP contribution >= 0.6 is 0 Å². The molecule has 4 N–H and O–H groups in total. The van der Waals surface area contributed by atoms with Crippen molar-refractivity contribution in [3.8, 4) is 0 Å². The molecule has 2 aromatic heterocycles. The monoisotopic (exact) mass is 223 g/mol. The van der Waals surface area contributed by atoms with Gasteiger partial charge in [-0.3, -0.25) is 4.57 Å². The topological polar surface area (TPSA) is 110 Å². The third kappa shape index (κ3) is 1.82. The number of hydrogen-bond acceptors (Lipinski definition) is 6. The number of nitrogen functional groups attached to an aromatic ring is 1. The number of aliphatic hydroxyl groups is 2. The first-order valence-corrected chi connectivity index (χ1v) is 4.96. The van der Waals surface area contributed by atoms with E-state index >= 15 is 0 Å². The molecular weight excluding hydrogens is 210 g/mol.